The highest BCUT2D eigenvalue weighted by molar-refractivity contribution is 5.71. The lowest BCUT2D eigenvalue weighted by molar-refractivity contribution is -0.166. The Morgan fingerprint density at radius 1 is 0.253 bits per heavy atom. The molecule has 0 aromatic carbocycles. The molecular weight excluding hydrogens is 1020 g/mol. The number of carbonyl (C=O) groups excluding carboxylic acids is 3. The van der Waals surface area contributed by atoms with Gasteiger partial charge in [0.15, 0.2) is 6.10 Å². The SMILES string of the molecule is CC/C=C\C/C=C\C/C=C\C/C=C\CCC(=O)OCC(COC(=O)CCCCCCCCCCCCCCCCCCCC/C=C\C/C=C\C/C=C\CCCCCCC)OC(=O)CCCCCCCC/C=C\C/C=C\C/C=C\CCCCC. The zero-order valence-corrected chi connectivity index (χ0v) is 54.4. The number of allylic oxidation sites excluding steroid dienone is 20. The van der Waals surface area contributed by atoms with Gasteiger partial charge in [0, 0.05) is 19.3 Å². The van der Waals surface area contributed by atoms with Gasteiger partial charge in [-0.05, 0) is 122 Å². The van der Waals surface area contributed by atoms with Crippen molar-refractivity contribution in [2.24, 2.45) is 0 Å². The molecule has 0 aromatic rings. The van der Waals surface area contributed by atoms with Crippen molar-refractivity contribution in [1.82, 2.24) is 0 Å². The molecule has 0 spiro atoms. The maximum Gasteiger partial charge on any atom is 0.306 e. The summed E-state index contributed by atoms with van der Waals surface area (Å²) in [6, 6.07) is 0. The number of unbranched alkanes of at least 4 members (excludes halogenated alkanes) is 32. The largest absolute Gasteiger partial charge is 0.462 e. The number of hydrogen-bond acceptors (Lipinski definition) is 6. The molecule has 6 heteroatoms. The molecular formula is C77H130O6. The summed E-state index contributed by atoms with van der Waals surface area (Å²) in [6.45, 7) is 6.43. The van der Waals surface area contributed by atoms with Crippen molar-refractivity contribution in [3.05, 3.63) is 122 Å². The molecule has 0 aromatic heterocycles. The smallest absolute Gasteiger partial charge is 0.306 e. The van der Waals surface area contributed by atoms with Crippen LogP contribution in [0.2, 0.25) is 0 Å². The Morgan fingerprint density at radius 3 is 0.831 bits per heavy atom. The summed E-state index contributed by atoms with van der Waals surface area (Å²) in [5.41, 5.74) is 0. The van der Waals surface area contributed by atoms with Crippen LogP contribution in [-0.2, 0) is 28.6 Å². The van der Waals surface area contributed by atoms with Gasteiger partial charge in [-0.2, -0.15) is 0 Å². The Kier molecular flexibility index (Phi) is 66.7. The zero-order valence-electron chi connectivity index (χ0n) is 54.4. The van der Waals surface area contributed by atoms with E-state index in [2.05, 4.69) is 136 Å². The van der Waals surface area contributed by atoms with E-state index in [1.165, 1.54) is 180 Å². The third-order valence-corrected chi connectivity index (χ3v) is 14.9. The maximum atomic E-state index is 12.9. The normalized spacial score (nSPS) is 12.9. The molecule has 0 fully saturated rings. The molecule has 0 rings (SSSR count). The average Bonchev–Trinajstić information content (AvgIpc) is 3.49. The van der Waals surface area contributed by atoms with E-state index in [-0.39, 0.29) is 37.5 Å². The topological polar surface area (TPSA) is 78.9 Å². The van der Waals surface area contributed by atoms with Crippen molar-refractivity contribution in [3.8, 4) is 0 Å². The van der Waals surface area contributed by atoms with Gasteiger partial charge in [-0.15, -0.1) is 0 Å². The summed E-state index contributed by atoms with van der Waals surface area (Å²) in [7, 11) is 0. The molecule has 0 amide bonds. The number of carbonyl (C=O) groups is 3. The molecule has 0 aliphatic rings. The summed E-state index contributed by atoms with van der Waals surface area (Å²) in [6.07, 6.45) is 98.2. The zero-order chi connectivity index (χ0) is 59.9. The van der Waals surface area contributed by atoms with E-state index in [1.807, 2.05) is 6.08 Å². The molecule has 0 saturated heterocycles. The van der Waals surface area contributed by atoms with Gasteiger partial charge >= 0.3 is 17.9 Å². The van der Waals surface area contributed by atoms with Gasteiger partial charge in [-0.25, -0.2) is 0 Å². The van der Waals surface area contributed by atoms with E-state index in [4.69, 9.17) is 14.2 Å². The molecule has 0 saturated carbocycles. The average molecular weight is 1150 g/mol. The Morgan fingerprint density at radius 2 is 0.494 bits per heavy atom. The van der Waals surface area contributed by atoms with E-state index >= 15 is 0 Å². The highest BCUT2D eigenvalue weighted by Gasteiger charge is 2.19. The first-order valence-corrected chi connectivity index (χ1v) is 35.0. The number of rotatable bonds is 63. The van der Waals surface area contributed by atoms with Crippen LogP contribution in [0.3, 0.4) is 0 Å². The number of ether oxygens (including phenoxy) is 3. The Bertz CT molecular complexity index is 1700. The fraction of sp³-hybridized carbons (Fsp3) is 0.701. The quantitative estimate of drug-likeness (QED) is 0.0261. The standard InChI is InChI=1S/C77H130O6/c1-4-7-10-13-16-19-22-25-27-29-31-32-33-34-35-36-37-38-39-40-41-42-43-44-46-47-49-52-55-58-61-64-67-70-76(79)82-73-74(72-81-75(78)69-66-63-60-57-54-51-24-21-18-15-12-9-6-3)83-77(80)71-68-65-62-59-56-53-50-48-45-30-28-26-23-20-17-14-11-8-5-2/h9,12,17-18,20-22,25-26,28-29,31,33-34,45,48,51,54,60,63,74H,4-8,10-11,13-16,19,23-24,27,30,32,35-44,46-47,49-50,52-53,55-59,61-62,64-73H2,1-3H3/b12-9-,20-17-,21-18-,25-22-,28-26-,31-29-,34-33-,48-45-,54-51-,63-60-. The highest BCUT2D eigenvalue weighted by atomic mass is 16.6. The minimum Gasteiger partial charge on any atom is -0.462 e. The van der Waals surface area contributed by atoms with Crippen LogP contribution in [0.25, 0.3) is 0 Å². The van der Waals surface area contributed by atoms with E-state index in [9.17, 15) is 14.4 Å². The van der Waals surface area contributed by atoms with Crippen LogP contribution in [0, 0.1) is 0 Å². The van der Waals surface area contributed by atoms with Crippen molar-refractivity contribution >= 4 is 17.9 Å². The molecule has 0 radical (unpaired) electrons. The Balaban J connectivity index is 4.24. The highest BCUT2D eigenvalue weighted by Crippen LogP contribution is 2.17. The third kappa shape index (κ3) is 68.5. The summed E-state index contributed by atoms with van der Waals surface area (Å²) in [5.74, 6) is -0.995. The summed E-state index contributed by atoms with van der Waals surface area (Å²) in [4.78, 5) is 38.3. The van der Waals surface area contributed by atoms with Crippen molar-refractivity contribution in [1.29, 1.82) is 0 Å². The first-order chi connectivity index (χ1) is 41.0. The van der Waals surface area contributed by atoms with Crippen LogP contribution >= 0.6 is 0 Å². The predicted octanol–water partition coefficient (Wildman–Crippen LogP) is 24.3. The number of esters is 3. The van der Waals surface area contributed by atoms with Gasteiger partial charge in [-0.3, -0.25) is 14.4 Å². The van der Waals surface area contributed by atoms with Crippen molar-refractivity contribution in [2.75, 3.05) is 13.2 Å². The second kappa shape index (κ2) is 70.3. The Hall–Kier alpha value is -4.19. The first kappa shape index (κ1) is 78.8. The number of hydrogen-bond donors (Lipinski definition) is 0. The van der Waals surface area contributed by atoms with E-state index in [0.717, 1.165) is 103 Å². The molecule has 0 heterocycles. The molecule has 0 aliphatic carbocycles. The van der Waals surface area contributed by atoms with Gasteiger partial charge in [-0.1, -0.05) is 309 Å². The van der Waals surface area contributed by atoms with E-state index < -0.39 is 6.10 Å². The summed E-state index contributed by atoms with van der Waals surface area (Å²) in [5, 5.41) is 0. The maximum absolute atomic E-state index is 12.9. The molecule has 1 atom stereocenters. The van der Waals surface area contributed by atoms with Crippen molar-refractivity contribution in [2.45, 2.75) is 335 Å². The molecule has 0 aliphatic heterocycles. The summed E-state index contributed by atoms with van der Waals surface area (Å²) >= 11 is 0. The van der Waals surface area contributed by atoms with E-state index in [0.29, 0.717) is 19.3 Å². The minimum absolute atomic E-state index is 0.106. The molecule has 1 unspecified atom stereocenters. The summed E-state index contributed by atoms with van der Waals surface area (Å²) < 4.78 is 16.9. The minimum atomic E-state index is -0.817. The van der Waals surface area contributed by atoms with Crippen molar-refractivity contribution < 1.29 is 28.6 Å². The second-order valence-electron chi connectivity index (χ2n) is 23.1. The van der Waals surface area contributed by atoms with Crippen LogP contribution in [0.1, 0.15) is 329 Å². The molecule has 0 bridgehead atoms. The van der Waals surface area contributed by atoms with Gasteiger partial charge in [0.1, 0.15) is 13.2 Å². The lowest BCUT2D eigenvalue weighted by Crippen LogP contribution is -2.30. The lowest BCUT2D eigenvalue weighted by atomic mass is 10.0. The monoisotopic (exact) mass is 1150 g/mol. The fourth-order valence-corrected chi connectivity index (χ4v) is 9.71. The Labute approximate surface area is 513 Å². The first-order valence-electron chi connectivity index (χ1n) is 35.0. The van der Waals surface area contributed by atoms with Crippen LogP contribution in [0.4, 0.5) is 0 Å². The van der Waals surface area contributed by atoms with Crippen LogP contribution in [0.15, 0.2) is 122 Å². The van der Waals surface area contributed by atoms with Gasteiger partial charge < -0.3 is 14.2 Å². The van der Waals surface area contributed by atoms with Crippen molar-refractivity contribution in [3.63, 3.8) is 0 Å². The van der Waals surface area contributed by atoms with Gasteiger partial charge in [0.05, 0.1) is 0 Å². The van der Waals surface area contributed by atoms with Gasteiger partial charge in [0.2, 0.25) is 0 Å². The second-order valence-corrected chi connectivity index (χ2v) is 23.1. The lowest BCUT2D eigenvalue weighted by Gasteiger charge is -2.18. The fourth-order valence-electron chi connectivity index (χ4n) is 9.71. The van der Waals surface area contributed by atoms with Crippen LogP contribution in [-0.4, -0.2) is 37.2 Å². The van der Waals surface area contributed by atoms with Gasteiger partial charge in [0.25, 0.3) is 0 Å². The third-order valence-electron chi connectivity index (χ3n) is 14.9. The van der Waals surface area contributed by atoms with Crippen LogP contribution < -0.4 is 0 Å². The predicted molar refractivity (Wildman–Crippen MR) is 362 cm³/mol. The molecule has 474 valence electrons. The molecule has 0 N–H and O–H groups in total. The molecule has 6 nitrogen and oxygen atoms in total. The van der Waals surface area contributed by atoms with Crippen LogP contribution in [0.5, 0.6) is 0 Å². The molecule has 83 heavy (non-hydrogen) atoms. The van der Waals surface area contributed by atoms with E-state index in [1.54, 1.807) is 0 Å².